The molecule has 1 heterocycles. The van der Waals surface area contributed by atoms with E-state index in [9.17, 15) is 4.21 Å². The summed E-state index contributed by atoms with van der Waals surface area (Å²) in [6, 6.07) is 4.03. The van der Waals surface area contributed by atoms with Gasteiger partial charge in [-0.15, -0.1) is 11.3 Å². The molecule has 1 unspecified atom stereocenters. The fourth-order valence-corrected chi connectivity index (χ4v) is 4.10. The van der Waals surface area contributed by atoms with E-state index in [0.717, 1.165) is 16.4 Å². The highest BCUT2D eigenvalue weighted by atomic mass is 32.2. The number of thiophene rings is 1. The van der Waals surface area contributed by atoms with Crippen molar-refractivity contribution in [2.45, 2.75) is 24.0 Å². The third-order valence-electron chi connectivity index (χ3n) is 1.87. The van der Waals surface area contributed by atoms with E-state index in [4.69, 9.17) is 0 Å². The molecule has 0 amide bonds. The normalized spacial score (nSPS) is 13.0. The Kier molecular flexibility index (Phi) is 5.82. The second-order valence-electron chi connectivity index (χ2n) is 3.11. The molecule has 1 aromatic heterocycles. The fraction of sp³-hybridized carbons (Fsp3) is 0.600. The van der Waals surface area contributed by atoms with E-state index in [0.29, 0.717) is 0 Å². The quantitative estimate of drug-likeness (QED) is 0.719. The largest absolute Gasteiger partial charge is 0.254 e. The van der Waals surface area contributed by atoms with Gasteiger partial charge in [-0.3, -0.25) is 4.21 Å². The zero-order valence-corrected chi connectivity index (χ0v) is 11.1. The number of aryl methyl sites for hydroxylation is 1. The lowest BCUT2D eigenvalue weighted by Crippen LogP contribution is -1.96. The van der Waals surface area contributed by atoms with Crippen LogP contribution in [-0.4, -0.2) is 22.0 Å². The average molecular weight is 248 g/mol. The number of hydrogen-bond donors (Lipinski definition) is 0. The molecule has 0 N–H and O–H groups in total. The molecule has 0 aliphatic carbocycles. The zero-order valence-electron chi connectivity index (χ0n) is 8.62. The minimum absolute atomic E-state index is 0.757. The molecule has 0 radical (unpaired) electrons. The molecule has 0 aliphatic rings. The van der Waals surface area contributed by atoms with Crippen LogP contribution in [0.3, 0.4) is 0 Å². The van der Waals surface area contributed by atoms with Crippen molar-refractivity contribution in [1.82, 2.24) is 0 Å². The van der Waals surface area contributed by atoms with Gasteiger partial charge in [-0.1, -0.05) is 0 Å². The molecule has 80 valence electrons. The average Bonchev–Trinajstić information content (AvgIpc) is 2.59. The van der Waals surface area contributed by atoms with E-state index in [-0.39, 0.29) is 0 Å². The van der Waals surface area contributed by atoms with Crippen molar-refractivity contribution in [2.24, 2.45) is 0 Å². The van der Waals surface area contributed by atoms with Crippen LogP contribution in [-0.2, 0) is 10.8 Å². The zero-order chi connectivity index (χ0) is 10.4. The van der Waals surface area contributed by atoms with Crippen LogP contribution in [0.4, 0.5) is 0 Å². The monoisotopic (exact) mass is 248 g/mol. The molecule has 0 aliphatic heterocycles. The van der Waals surface area contributed by atoms with Gasteiger partial charge in [0, 0.05) is 10.6 Å². The Morgan fingerprint density at radius 3 is 2.79 bits per heavy atom. The molecule has 4 heteroatoms. The van der Waals surface area contributed by atoms with Gasteiger partial charge in [-0.2, -0.15) is 11.8 Å². The minimum Gasteiger partial charge on any atom is -0.254 e. The van der Waals surface area contributed by atoms with Crippen LogP contribution >= 0.6 is 23.1 Å². The van der Waals surface area contributed by atoms with E-state index in [1.165, 1.54) is 17.1 Å². The standard InChI is InChI=1S/C10H16OS3/c1-9-5-6-10(13-9)14(11)8-4-3-7-12-2/h5-6H,3-4,7-8H2,1-2H3. The lowest BCUT2D eigenvalue weighted by Gasteiger charge is -1.98. The van der Waals surface area contributed by atoms with Crippen LogP contribution in [0.5, 0.6) is 0 Å². The van der Waals surface area contributed by atoms with Crippen molar-refractivity contribution in [3.05, 3.63) is 17.0 Å². The number of unbranched alkanes of at least 4 members (excludes halogenated alkanes) is 1. The summed E-state index contributed by atoms with van der Waals surface area (Å²) in [7, 11) is -0.757. The molecule has 0 fully saturated rings. The van der Waals surface area contributed by atoms with Crippen LogP contribution in [0.15, 0.2) is 16.3 Å². The Morgan fingerprint density at radius 2 is 2.21 bits per heavy atom. The Morgan fingerprint density at radius 1 is 1.43 bits per heavy atom. The summed E-state index contributed by atoms with van der Waals surface area (Å²) in [4.78, 5) is 1.25. The first kappa shape index (κ1) is 12.3. The predicted octanol–water partition coefficient (Wildman–Crippen LogP) is 3.31. The van der Waals surface area contributed by atoms with Gasteiger partial charge in [0.2, 0.25) is 0 Å². The Bertz CT molecular complexity index is 293. The summed E-state index contributed by atoms with van der Waals surface area (Å²) in [6.45, 7) is 2.05. The molecule has 1 atom stereocenters. The highest BCUT2D eigenvalue weighted by molar-refractivity contribution is 7.98. The highest BCUT2D eigenvalue weighted by Crippen LogP contribution is 2.19. The molecule has 1 aromatic rings. The summed E-state index contributed by atoms with van der Waals surface area (Å²) in [5, 5.41) is 0. The first-order chi connectivity index (χ1) is 6.74. The number of thioether (sulfide) groups is 1. The molecule has 0 saturated carbocycles. The Hall–Kier alpha value is 0.200. The smallest absolute Gasteiger partial charge is 0.0913 e. The Labute approximate surface area is 96.8 Å². The lowest BCUT2D eigenvalue weighted by atomic mass is 10.4. The van der Waals surface area contributed by atoms with Gasteiger partial charge in [0.05, 0.1) is 15.0 Å². The first-order valence-corrected chi connectivity index (χ1v) is 8.20. The minimum atomic E-state index is -0.757. The summed E-state index contributed by atoms with van der Waals surface area (Å²) in [6.07, 6.45) is 4.36. The molecule has 14 heavy (non-hydrogen) atoms. The molecule has 1 rings (SSSR count). The SMILES string of the molecule is CSCCCCS(=O)c1ccc(C)s1. The molecule has 0 bridgehead atoms. The van der Waals surface area contributed by atoms with E-state index >= 15 is 0 Å². The van der Waals surface area contributed by atoms with Gasteiger partial charge in [0.15, 0.2) is 0 Å². The van der Waals surface area contributed by atoms with Crippen molar-refractivity contribution >= 4 is 33.9 Å². The highest BCUT2D eigenvalue weighted by Gasteiger charge is 2.05. The number of rotatable bonds is 6. The lowest BCUT2D eigenvalue weighted by molar-refractivity contribution is 0.681. The Balaban J connectivity index is 2.29. The van der Waals surface area contributed by atoms with Crippen LogP contribution in [0.1, 0.15) is 17.7 Å². The summed E-state index contributed by atoms with van der Waals surface area (Å²) >= 11 is 3.51. The van der Waals surface area contributed by atoms with Gasteiger partial charge in [-0.25, -0.2) is 0 Å². The molecular formula is C10H16OS3. The van der Waals surface area contributed by atoms with Crippen LogP contribution in [0, 0.1) is 6.92 Å². The van der Waals surface area contributed by atoms with Crippen molar-refractivity contribution in [3.8, 4) is 0 Å². The summed E-state index contributed by atoms with van der Waals surface area (Å²) in [5.41, 5.74) is 0. The van der Waals surface area contributed by atoms with Gasteiger partial charge in [-0.05, 0) is 43.9 Å². The molecule has 0 saturated heterocycles. The second-order valence-corrected chi connectivity index (χ2v) is 7.19. The maximum Gasteiger partial charge on any atom is 0.0913 e. The maximum atomic E-state index is 11.7. The summed E-state index contributed by atoms with van der Waals surface area (Å²) in [5.74, 6) is 2.00. The van der Waals surface area contributed by atoms with Crippen molar-refractivity contribution in [1.29, 1.82) is 0 Å². The third kappa shape index (κ3) is 4.15. The van der Waals surface area contributed by atoms with Crippen molar-refractivity contribution < 1.29 is 4.21 Å². The van der Waals surface area contributed by atoms with Crippen molar-refractivity contribution in [3.63, 3.8) is 0 Å². The third-order valence-corrected chi connectivity index (χ3v) is 5.41. The predicted molar refractivity (Wildman–Crippen MR) is 67.9 cm³/mol. The van der Waals surface area contributed by atoms with Crippen molar-refractivity contribution in [2.75, 3.05) is 17.8 Å². The second kappa shape index (κ2) is 6.64. The van der Waals surface area contributed by atoms with Gasteiger partial charge in [0.25, 0.3) is 0 Å². The molecule has 1 nitrogen and oxygen atoms in total. The fourth-order valence-electron chi connectivity index (χ4n) is 1.11. The van der Waals surface area contributed by atoms with E-state index in [1.54, 1.807) is 11.3 Å². The van der Waals surface area contributed by atoms with Crippen LogP contribution in [0.2, 0.25) is 0 Å². The van der Waals surface area contributed by atoms with E-state index in [2.05, 4.69) is 13.2 Å². The van der Waals surface area contributed by atoms with E-state index < -0.39 is 10.8 Å². The maximum absolute atomic E-state index is 11.7. The topological polar surface area (TPSA) is 17.1 Å². The first-order valence-electron chi connectivity index (χ1n) is 4.68. The molecule has 0 spiro atoms. The van der Waals surface area contributed by atoms with Gasteiger partial charge < -0.3 is 0 Å². The molecular weight excluding hydrogens is 232 g/mol. The van der Waals surface area contributed by atoms with Gasteiger partial charge >= 0.3 is 0 Å². The van der Waals surface area contributed by atoms with Crippen LogP contribution in [0.25, 0.3) is 0 Å². The van der Waals surface area contributed by atoms with Crippen LogP contribution < -0.4 is 0 Å². The van der Waals surface area contributed by atoms with Gasteiger partial charge in [0.1, 0.15) is 0 Å². The molecule has 0 aromatic carbocycles. The number of hydrogen-bond acceptors (Lipinski definition) is 3. The van der Waals surface area contributed by atoms with E-state index in [1.807, 2.05) is 23.9 Å². The summed E-state index contributed by atoms with van der Waals surface area (Å²) < 4.78 is 12.8.